The third-order valence-electron chi connectivity index (χ3n) is 2.32. The molecule has 0 aromatic heterocycles. The number of hydrogen-bond donors (Lipinski definition) is 2. The number of piperidine rings is 1. The summed E-state index contributed by atoms with van der Waals surface area (Å²) in [4.78, 5) is 13.2. The van der Waals surface area contributed by atoms with Crippen LogP contribution in [0.4, 0.5) is 4.79 Å². The summed E-state index contributed by atoms with van der Waals surface area (Å²) in [6, 6.07) is -0.115. The molecule has 80 valence electrons. The van der Waals surface area contributed by atoms with Crippen LogP contribution in [0.5, 0.6) is 0 Å². The van der Waals surface area contributed by atoms with Crippen molar-refractivity contribution in [3.05, 3.63) is 12.7 Å². The van der Waals surface area contributed by atoms with Crippen molar-refractivity contribution in [2.45, 2.75) is 19.4 Å². The lowest BCUT2D eigenvalue weighted by Gasteiger charge is -2.33. The van der Waals surface area contributed by atoms with E-state index in [4.69, 9.17) is 0 Å². The summed E-state index contributed by atoms with van der Waals surface area (Å²) in [5.41, 5.74) is 0. The Hall–Kier alpha value is -1.03. The van der Waals surface area contributed by atoms with E-state index in [9.17, 15) is 9.90 Å². The van der Waals surface area contributed by atoms with Crippen molar-refractivity contribution in [3.8, 4) is 0 Å². The molecule has 1 heterocycles. The second-order valence-electron chi connectivity index (χ2n) is 3.87. The number of urea groups is 1. The Balaban J connectivity index is 2.42. The van der Waals surface area contributed by atoms with Gasteiger partial charge in [0.1, 0.15) is 0 Å². The quantitative estimate of drug-likeness (QED) is 0.638. The molecule has 4 nitrogen and oxygen atoms in total. The number of likely N-dealkylation sites (tertiary alicyclic amines) is 1. The molecule has 4 heteroatoms. The molecule has 0 aromatic rings. The Morgan fingerprint density at radius 1 is 1.71 bits per heavy atom. The van der Waals surface area contributed by atoms with Gasteiger partial charge in [-0.1, -0.05) is 13.0 Å². The van der Waals surface area contributed by atoms with Crippen LogP contribution in [0.15, 0.2) is 12.7 Å². The highest BCUT2D eigenvalue weighted by Crippen LogP contribution is 2.15. The zero-order chi connectivity index (χ0) is 10.6. The minimum absolute atomic E-state index is 0.115. The van der Waals surface area contributed by atoms with Crippen LogP contribution in [0.3, 0.4) is 0 Å². The summed E-state index contributed by atoms with van der Waals surface area (Å²) >= 11 is 0. The maximum absolute atomic E-state index is 11.5. The van der Waals surface area contributed by atoms with Crippen molar-refractivity contribution in [2.75, 3.05) is 19.6 Å². The molecule has 1 rings (SSSR count). The Labute approximate surface area is 84.6 Å². The lowest BCUT2D eigenvalue weighted by Crippen LogP contribution is -2.49. The first kappa shape index (κ1) is 11.0. The van der Waals surface area contributed by atoms with Crippen LogP contribution in [0.25, 0.3) is 0 Å². The van der Waals surface area contributed by atoms with E-state index < -0.39 is 0 Å². The van der Waals surface area contributed by atoms with E-state index >= 15 is 0 Å². The van der Waals surface area contributed by atoms with E-state index in [1.807, 2.05) is 6.92 Å². The Kier molecular flexibility index (Phi) is 3.95. The van der Waals surface area contributed by atoms with Gasteiger partial charge in [0.2, 0.25) is 0 Å². The second-order valence-corrected chi connectivity index (χ2v) is 3.87. The monoisotopic (exact) mass is 198 g/mol. The molecule has 1 aliphatic heterocycles. The molecule has 0 unspecified atom stereocenters. The lowest BCUT2D eigenvalue weighted by molar-refractivity contribution is 0.0607. The van der Waals surface area contributed by atoms with Crippen molar-refractivity contribution < 1.29 is 9.90 Å². The normalized spacial score (nSPS) is 27.1. The Bertz CT molecular complexity index is 208. The van der Waals surface area contributed by atoms with Crippen molar-refractivity contribution >= 4 is 6.03 Å². The van der Waals surface area contributed by atoms with Gasteiger partial charge in [-0.25, -0.2) is 4.79 Å². The van der Waals surface area contributed by atoms with Gasteiger partial charge in [0, 0.05) is 19.6 Å². The van der Waals surface area contributed by atoms with Crippen LogP contribution < -0.4 is 5.32 Å². The number of hydrogen-bond acceptors (Lipinski definition) is 2. The molecule has 2 atom stereocenters. The van der Waals surface area contributed by atoms with Gasteiger partial charge in [0.05, 0.1) is 6.10 Å². The fraction of sp³-hybridized carbons (Fsp3) is 0.700. The number of nitrogens with one attached hydrogen (secondary N) is 1. The van der Waals surface area contributed by atoms with Crippen LogP contribution in [-0.2, 0) is 0 Å². The van der Waals surface area contributed by atoms with E-state index in [1.165, 1.54) is 0 Å². The maximum atomic E-state index is 11.5. The molecule has 0 saturated carbocycles. The number of aliphatic hydroxyl groups is 1. The predicted octanol–water partition coefficient (Wildman–Crippen LogP) is 0.585. The highest BCUT2D eigenvalue weighted by molar-refractivity contribution is 5.74. The van der Waals surface area contributed by atoms with Crippen LogP contribution in [0.1, 0.15) is 13.3 Å². The first-order valence-electron chi connectivity index (χ1n) is 4.95. The molecule has 1 saturated heterocycles. The lowest BCUT2D eigenvalue weighted by atomic mass is 9.98. The third kappa shape index (κ3) is 3.03. The molecule has 0 aliphatic carbocycles. The third-order valence-corrected chi connectivity index (χ3v) is 2.32. The molecular weight excluding hydrogens is 180 g/mol. The first-order chi connectivity index (χ1) is 6.63. The summed E-state index contributed by atoms with van der Waals surface area (Å²) in [5, 5.41) is 12.2. The van der Waals surface area contributed by atoms with E-state index in [0.29, 0.717) is 19.0 Å². The van der Waals surface area contributed by atoms with Crippen LogP contribution in [-0.4, -0.2) is 41.8 Å². The Morgan fingerprint density at radius 3 is 3.00 bits per heavy atom. The smallest absolute Gasteiger partial charge is 0.317 e. The topological polar surface area (TPSA) is 52.6 Å². The zero-order valence-electron chi connectivity index (χ0n) is 8.57. The van der Waals surface area contributed by atoms with Gasteiger partial charge < -0.3 is 15.3 Å². The number of carbonyl (C=O) groups excluding carboxylic acids is 1. The minimum atomic E-state index is -0.381. The van der Waals surface area contributed by atoms with Gasteiger partial charge >= 0.3 is 6.03 Å². The predicted molar refractivity (Wildman–Crippen MR) is 55.0 cm³/mol. The van der Waals surface area contributed by atoms with Gasteiger partial charge in [-0.05, 0) is 12.3 Å². The number of aliphatic hydroxyl groups excluding tert-OH is 1. The van der Waals surface area contributed by atoms with Gasteiger partial charge in [-0.2, -0.15) is 0 Å². The number of rotatable bonds is 2. The summed E-state index contributed by atoms with van der Waals surface area (Å²) in [6.45, 7) is 7.20. The standard InChI is InChI=1S/C10H18N2O2/c1-3-4-11-10(14)12-6-8(2)5-9(13)7-12/h3,8-9,13H,1,4-7H2,2H3,(H,11,14)/t8-,9+/m1/s1. The maximum Gasteiger partial charge on any atom is 0.317 e. The zero-order valence-corrected chi connectivity index (χ0v) is 8.57. The molecular formula is C10H18N2O2. The summed E-state index contributed by atoms with van der Waals surface area (Å²) in [5.74, 6) is 0.369. The van der Waals surface area contributed by atoms with Gasteiger partial charge in [0.25, 0.3) is 0 Å². The molecule has 14 heavy (non-hydrogen) atoms. The van der Waals surface area contributed by atoms with Gasteiger partial charge in [0.15, 0.2) is 0 Å². The fourth-order valence-electron chi connectivity index (χ4n) is 1.76. The molecule has 0 bridgehead atoms. The number of β-amino-alcohol motifs (C(OH)–C–C–N with tert-alkyl or cyclic N) is 1. The molecule has 1 aliphatic rings. The number of nitrogens with zero attached hydrogens (tertiary/aromatic N) is 1. The van der Waals surface area contributed by atoms with Crippen LogP contribution in [0, 0.1) is 5.92 Å². The average Bonchev–Trinajstić information content (AvgIpc) is 2.12. The molecule has 2 amide bonds. The van der Waals surface area contributed by atoms with Gasteiger partial charge in [-0.15, -0.1) is 6.58 Å². The fourth-order valence-corrected chi connectivity index (χ4v) is 1.76. The molecule has 0 radical (unpaired) electrons. The first-order valence-corrected chi connectivity index (χ1v) is 4.95. The second kappa shape index (κ2) is 5.00. The molecule has 0 spiro atoms. The van der Waals surface area contributed by atoms with Crippen LogP contribution in [0.2, 0.25) is 0 Å². The van der Waals surface area contributed by atoms with E-state index in [1.54, 1.807) is 11.0 Å². The number of amides is 2. The molecule has 0 aromatic carbocycles. The van der Waals surface area contributed by atoms with Crippen molar-refractivity contribution in [3.63, 3.8) is 0 Å². The number of carbonyl (C=O) groups is 1. The highest BCUT2D eigenvalue weighted by Gasteiger charge is 2.25. The SMILES string of the molecule is C=CCNC(=O)N1C[C@H](C)C[C@H](O)C1. The average molecular weight is 198 g/mol. The van der Waals surface area contributed by atoms with Gasteiger partial charge in [-0.3, -0.25) is 0 Å². The van der Waals surface area contributed by atoms with Crippen molar-refractivity contribution in [1.82, 2.24) is 10.2 Å². The summed E-state index contributed by atoms with van der Waals surface area (Å²) in [7, 11) is 0. The van der Waals surface area contributed by atoms with E-state index in [2.05, 4.69) is 11.9 Å². The Morgan fingerprint density at radius 2 is 2.43 bits per heavy atom. The van der Waals surface area contributed by atoms with Crippen molar-refractivity contribution in [1.29, 1.82) is 0 Å². The minimum Gasteiger partial charge on any atom is -0.391 e. The van der Waals surface area contributed by atoms with Crippen molar-refractivity contribution in [2.24, 2.45) is 5.92 Å². The van der Waals surface area contributed by atoms with E-state index in [-0.39, 0.29) is 12.1 Å². The highest BCUT2D eigenvalue weighted by atomic mass is 16.3. The molecule has 1 fully saturated rings. The van der Waals surface area contributed by atoms with E-state index in [0.717, 1.165) is 13.0 Å². The summed E-state index contributed by atoms with van der Waals surface area (Å²) < 4.78 is 0. The summed E-state index contributed by atoms with van der Waals surface area (Å²) in [6.07, 6.45) is 2.04. The molecule has 2 N–H and O–H groups in total. The largest absolute Gasteiger partial charge is 0.391 e. The van der Waals surface area contributed by atoms with Crippen LogP contribution >= 0.6 is 0 Å².